The smallest absolute Gasteiger partial charge is 0.299 e. The fourth-order valence-electron chi connectivity index (χ4n) is 1.76. The monoisotopic (exact) mass is 219 g/mol. The van der Waals surface area contributed by atoms with Crippen LogP contribution in [0.4, 0.5) is 5.69 Å². The number of hydrogen-bond acceptors (Lipinski definition) is 3. The number of rotatable bonds is 3. The zero-order valence-electron chi connectivity index (χ0n) is 9.27. The molecule has 1 aromatic carbocycles. The number of methoxy groups -OCH3 is 1. The van der Waals surface area contributed by atoms with Crippen LogP contribution in [-0.2, 0) is 9.53 Å². The average molecular weight is 219 g/mol. The van der Waals surface area contributed by atoms with Crippen LogP contribution in [0.5, 0.6) is 0 Å². The third-order valence-electron chi connectivity index (χ3n) is 2.72. The van der Waals surface area contributed by atoms with E-state index in [1.807, 2.05) is 13.0 Å². The quantitative estimate of drug-likeness (QED) is 0.719. The fourth-order valence-corrected chi connectivity index (χ4v) is 1.76. The van der Waals surface area contributed by atoms with Crippen LogP contribution >= 0.6 is 0 Å². The maximum Gasteiger partial charge on any atom is 0.299 e. The van der Waals surface area contributed by atoms with Gasteiger partial charge in [-0.05, 0) is 19.1 Å². The van der Waals surface area contributed by atoms with Gasteiger partial charge in [0.1, 0.15) is 0 Å². The summed E-state index contributed by atoms with van der Waals surface area (Å²) in [4.78, 5) is 24.9. The van der Waals surface area contributed by atoms with Gasteiger partial charge in [-0.2, -0.15) is 0 Å². The lowest BCUT2D eigenvalue weighted by Gasteiger charge is -2.20. The van der Waals surface area contributed by atoms with E-state index < -0.39 is 11.7 Å². The highest BCUT2D eigenvalue weighted by Gasteiger charge is 2.35. The maximum atomic E-state index is 11.7. The Hall–Kier alpha value is -1.68. The molecule has 4 heteroatoms. The number of para-hydroxylation sites is 1. The zero-order chi connectivity index (χ0) is 11.7. The summed E-state index contributed by atoms with van der Waals surface area (Å²) in [6.45, 7) is 2.26. The highest BCUT2D eigenvalue weighted by atomic mass is 16.5. The molecule has 16 heavy (non-hydrogen) atoms. The van der Waals surface area contributed by atoms with Crippen LogP contribution in [0.25, 0.3) is 0 Å². The van der Waals surface area contributed by atoms with Crippen molar-refractivity contribution in [2.75, 3.05) is 18.6 Å². The van der Waals surface area contributed by atoms with E-state index in [1.165, 1.54) is 4.90 Å². The summed E-state index contributed by atoms with van der Waals surface area (Å²) in [6.07, 6.45) is -0.0945. The number of amides is 1. The highest BCUT2D eigenvalue weighted by Crippen LogP contribution is 2.28. The van der Waals surface area contributed by atoms with Gasteiger partial charge in [0.05, 0.1) is 23.9 Å². The van der Waals surface area contributed by atoms with Gasteiger partial charge in [0, 0.05) is 7.11 Å². The normalized spacial score (nSPS) is 16.5. The van der Waals surface area contributed by atoms with Crippen molar-refractivity contribution in [3.8, 4) is 0 Å². The van der Waals surface area contributed by atoms with Crippen LogP contribution in [0.2, 0.25) is 0 Å². The van der Waals surface area contributed by atoms with Gasteiger partial charge < -0.3 is 9.64 Å². The molecule has 1 heterocycles. The molecule has 2 rings (SSSR count). The molecule has 1 aromatic rings. The van der Waals surface area contributed by atoms with Crippen molar-refractivity contribution in [1.29, 1.82) is 0 Å². The van der Waals surface area contributed by atoms with Gasteiger partial charge in [-0.25, -0.2) is 0 Å². The molecule has 0 bridgehead atoms. The molecule has 1 aliphatic heterocycles. The first-order chi connectivity index (χ1) is 7.65. The molecule has 1 unspecified atom stereocenters. The number of fused-ring (bicyclic) bond motifs is 1. The van der Waals surface area contributed by atoms with E-state index in [0.717, 1.165) is 0 Å². The second-order valence-corrected chi connectivity index (χ2v) is 3.81. The van der Waals surface area contributed by atoms with E-state index in [0.29, 0.717) is 17.8 Å². The Kier molecular flexibility index (Phi) is 2.75. The minimum atomic E-state index is -0.467. The maximum absolute atomic E-state index is 11.7. The third-order valence-corrected chi connectivity index (χ3v) is 2.72. The number of anilines is 1. The Morgan fingerprint density at radius 3 is 2.69 bits per heavy atom. The zero-order valence-corrected chi connectivity index (χ0v) is 9.27. The number of hydrogen-bond donors (Lipinski definition) is 0. The summed E-state index contributed by atoms with van der Waals surface area (Å²) >= 11 is 0. The number of carbonyl (C=O) groups excluding carboxylic acids is 2. The van der Waals surface area contributed by atoms with Crippen LogP contribution in [0.1, 0.15) is 17.3 Å². The number of benzene rings is 1. The highest BCUT2D eigenvalue weighted by molar-refractivity contribution is 6.52. The van der Waals surface area contributed by atoms with Crippen molar-refractivity contribution in [2.45, 2.75) is 13.0 Å². The van der Waals surface area contributed by atoms with E-state index >= 15 is 0 Å². The van der Waals surface area contributed by atoms with E-state index in [4.69, 9.17) is 4.74 Å². The van der Waals surface area contributed by atoms with Gasteiger partial charge in [-0.1, -0.05) is 12.1 Å². The van der Waals surface area contributed by atoms with Crippen LogP contribution in [0, 0.1) is 0 Å². The van der Waals surface area contributed by atoms with Gasteiger partial charge in [-0.15, -0.1) is 0 Å². The number of ketones is 1. The molecule has 84 valence electrons. The molecule has 1 atom stereocenters. The van der Waals surface area contributed by atoms with E-state index in [-0.39, 0.29) is 6.10 Å². The van der Waals surface area contributed by atoms with Gasteiger partial charge in [-0.3, -0.25) is 9.59 Å². The Bertz CT molecular complexity index is 442. The molecule has 0 spiro atoms. The topological polar surface area (TPSA) is 46.6 Å². The first-order valence-electron chi connectivity index (χ1n) is 5.13. The van der Waals surface area contributed by atoms with Crippen molar-refractivity contribution in [1.82, 2.24) is 0 Å². The molecule has 0 N–H and O–H groups in total. The third kappa shape index (κ3) is 1.61. The summed E-state index contributed by atoms with van der Waals surface area (Å²) in [7, 11) is 1.58. The average Bonchev–Trinajstić information content (AvgIpc) is 2.55. The standard InChI is InChI=1S/C12H13NO3/c1-8(16-2)7-13-10-6-4-3-5-9(10)11(14)12(13)15/h3-6,8H,7H2,1-2H3. The number of carbonyl (C=O) groups is 2. The minimum Gasteiger partial charge on any atom is -0.380 e. The van der Waals surface area contributed by atoms with Gasteiger partial charge in [0.15, 0.2) is 0 Å². The van der Waals surface area contributed by atoms with Crippen LogP contribution < -0.4 is 4.90 Å². The summed E-state index contributed by atoms with van der Waals surface area (Å²) in [5, 5.41) is 0. The predicted octanol–water partition coefficient (Wildman–Crippen LogP) is 1.25. The Labute approximate surface area is 93.8 Å². The van der Waals surface area contributed by atoms with E-state index in [1.54, 1.807) is 25.3 Å². The second-order valence-electron chi connectivity index (χ2n) is 3.81. The van der Waals surface area contributed by atoms with Gasteiger partial charge in [0.25, 0.3) is 11.7 Å². The van der Waals surface area contributed by atoms with Crippen molar-refractivity contribution < 1.29 is 14.3 Å². The molecule has 0 saturated carbocycles. The van der Waals surface area contributed by atoms with Crippen molar-refractivity contribution in [3.05, 3.63) is 29.8 Å². The summed E-state index contributed by atoms with van der Waals surface area (Å²) in [5.41, 5.74) is 1.16. The van der Waals surface area contributed by atoms with Crippen molar-refractivity contribution >= 4 is 17.4 Å². The molecule has 1 aliphatic rings. The molecule has 1 amide bonds. The van der Waals surface area contributed by atoms with Crippen LogP contribution in [0.3, 0.4) is 0 Å². The molecule has 0 saturated heterocycles. The molecule has 0 aromatic heterocycles. The van der Waals surface area contributed by atoms with E-state index in [2.05, 4.69) is 0 Å². The number of Topliss-reactive ketones (excluding diaryl/α,β-unsaturated/α-hetero) is 1. The second kappa shape index (κ2) is 4.06. The minimum absolute atomic E-state index is 0.0945. The predicted molar refractivity (Wildman–Crippen MR) is 59.6 cm³/mol. The van der Waals surface area contributed by atoms with E-state index in [9.17, 15) is 9.59 Å². The van der Waals surface area contributed by atoms with Crippen LogP contribution in [0.15, 0.2) is 24.3 Å². The lowest BCUT2D eigenvalue weighted by molar-refractivity contribution is -0.114. The Morgan fingerprint density at radius 2 is 2.00 bits per heavy atom. The van der Waals surface area contributed by atoms with Crippen molar-refractivity contribution in [3.63, 3.8) is 0 Å². The Balaban J connectivity index is 2.34. The van der Waals surface area contributed by atoms with Crippen molar-refractivity contribution in [2.24, 2.45) is 0 Å². The first-order valence-corrected chi connectivity index (χ1v) is 5.13. The number of nitrogens with zero attached hydrogens (tertiary/aromatic N) is 1. The van der Waals surface area contributed by atoms with Gasteiger partial charge in [0.2, 0.25) is 0 Å². The molecular formula is C12H13NO3. The summed E-state index contributed by atoms with van der Waals surface area (Å²) in [5.74, 6) is -0.899. The number of ether oxygens (including phenoxy) is 1. The molecular weight excluding hydrogens is 206 g/mol. The molecule has 0 aliphatic carbocycles. The molecule has 0 radical (unpaired) electrons. The largest absolute Gasteiger partial charge is 0.380 e. The first kappa shape index (κ1) is 10.8. The molecule has 0 fully saturated rings. The SMILES string of the molecule is COC(C)CN1C(=O)C(=O)c2ccccc21. The Morgan fingerprint density at radius 1 is 1.31 bits per heavy atom. The summed E-state index contributed by atoms with van der Waals surface area (Å²) < 4.78 is 5.11. The van der Waals surface area contributed by atoms with Crippen LogP contribution in [-0.4, -0.2) is 31.4 Å². The fraction of sp³-hybridized carbons (Fsp3) is 0.333. The summed E-state index contributed by atoms with van der Waals surface area (Å²) in [6, 6.07) is 7.02. The lowest BCUT2D eigenvalue weighted by atomic mass is 10.1. The lowest BCUT2D eigenvalue weighted by Crippen LogP contribution is -2.36. The molecule has 4 nitrogen and oxygen atoms in total. The van der Waals surface area contributed by atoms with Gasteiger partial charge >= 0.3 is 0 Å².